The van der Waals surface area contributed by atoms with Crippen LogP contribution in [0, 0.1) is 0 Å². The molecule has 0 saturated heterocycles. The van der Waals surface area contributed by atoms with E-state index in [2.05, 4.69) is 0 Å². The molecule has 0 heterocycles. The number of alkyl halides is 3. The molecule has 0 spiro atoms. The Hall–Kier alpha value is -3.51. The molecule has 1 rings (SSSR count). The standard InChI is InChI=1S/C22H29F3N2O8/c1-4-32-18(28)12-27(13-19(29)33-5-2)16-8-7-15(9-10-26-21(31)22(23,24)25)11-17(16)35-14-20(30)34-6-3/h7-8,11H,4-6,9-10,12-14H2,1-3H3,(H,26,31). The van der Waals surface area contributed by atoms with E-state index in [0.29, 0.717) is 5.56 Å². The number of nitrogens with zero attached hydrogens (tertiary/aromatic N) is 1. The van der Waals surface area contributed by atoms with Crippen molar-refractivity contribution in [2.45, 2.75) is 33.4 Å². The Kier molecular flexibility index (Phi) is 12.4. The third kappa shape index (κ3) is 11.0. The molecule has 0 aliphatic heterocycles. The number of hydrogen-bond donors (Lipinski definition) is 1. The largest absolute Gasteiger partial charge is 0.480 e. The summed E-state index contributed by atoms with van der Waals surface area (Å²) in [6.07, 6.45) is -4.99. The first-order chi connectivity index (χ1) is 16.5. The normalized spacial score (nSPS) is 10.8. The number of carbonyl (C=O) groups is 4. The van der Waals surface area contributed by atoms with Gasteiger partial charge in [0.2, 0.25) is 0 Å². The summed E-state index contributed by atoms with van der Waals surface area (Å²) in [6.45, 7) is 3.69. The van der Waals surface area contributed by atoms with Crippen LogP contribution in [0.25, 0.3) is 0 Å². The second-order valence-electron chi connectivity index (χ2n) is 6.87. The van der Waals surface area contributed by atoms with Crippen molar-refractivity contribution in [3.8, 4) is 5.75 Å². The first-order valence-electron chi connectivity index (χ1n) is 10.8. The molecule has 1 aromatic carbocycles. The lowest BCUT2D eigenvalue weighted by Gasteiger charge is -2.25. The Morgan fingerprint density at radius 2 is 1.43 bits per heavy atom. The summed E-state index contributed by atoms with van der Waals surface area (Å²) in [4.78, 5) is 48.4. The van der Waals surface area contributed by atoms with Crippen LogP contribution in [0.3, 0.4) is 0 Å². The molecule has 0 bridgehead atoms. The van der Waals surface area contributed by atoms with Crippen molar-refractivity contribution in [3.63, 3.8) is 0 Å². The first-order valence-corrected chi connectivity index (χ1v) is 10.8. The van der Waals surface area contributed by atoms with Gasteiger partial charge in [-0.15, -0.1) is 0 Å². The molecule has 0 unspecified atom stereocenters. The Labute approximate surface area is 200 Å². The fraction of sp³-hybridized carbons (Fsp3) is 0.545. The molecule has 0 fully saturated rings. The van der Waals surface area contributed by atoms with Gasteiger partial charge in [-0.3, -0.25) is 14.4 Å². The van der Waals surface area contributed by atoms with E-state index in [1.165, 1.54) is 23.1 Å². The zero-order chi connectivity index (χ0) is 26.4. The Morgan fingerprint density at radius 1 is 0.886 bits per heavy atom. The summed E-state index contributed by atoms with van der Waals surface area (Å²) >= 11 is 0. The van der Waals surface area contributed by atoms with Crippen LogP contribution in [0.1, 0.15) is 26.3 Å². The summed E-state index contributed by atoms with van der Waals surface area (Å²) in [5.41, 5.74) is 0.695. The van der Waals surface area contributed by atoms with Gasteiger partial charge in [0.15, 0.2) is 6.61 Å². The van der Waals surface area contributed by atoms with Crippen molar-refractivity contribution in [1.82, 2.24) is 5.32 Å². The Balaban J connectivity index is 3.19. The number of rotatable bonds is 14. The molecule has 0 saturated carbocycles. The molecular weight excluding hydrogens is 477 g/mol. The fourth-order valence-electron chi connectivity index (χ4n) is 2.80. The molecule has 1 amide bonds. The lowest BCUT2D eigenvalue weighted by atomic mass is 10.1. The van der Waals surface area contributed by atoms with E-state index >= 15 is 0 Å². The Bertz CT molecular complexity index is 857. The van der Waals surface area contributed by atoms with Gasteiger partial charge in [-0.2, -0.15) is 13.2 Å². The highest BCUT2D eigenvalue weighted by Gasteiger charge is 2.38. The highest BCUT2D eigenvalue weighted by molar-refractivity contribution is 5.83. The number of amides is 1. The highest BCUT2D eigenvalue weighted by Crippen LogP contribution is 2.30. The smallest absolute Gasteiger partial charge is 0.471 e. The van der Waals surface area contributed by atoms with Gasteiger partial charge in [0.1, 0.15) is 18.8 Å². The van der Waals surface area contributed by atoms with Crippen LogP contribution >= 0.6 is 0 Å². The lowest BCUT2D eigenvalue weighted by Crippen LogP contribution is -2.37. The first kappa shape index (κ1) is 29.5. The maximum absolute atomic E-state index is 12.4. The number of esters is 3. The van der Waals surface area contributed by atoms with Gasteiger partial charge < -0.3 is 29.2 Å². The molecule has 35 heavy (non-hydrogen) atoms. The van der Waals surface area contributed by atoms with Crippen LogP contribution in [0.4, 0.5) is 18.9 Å². The maximum Gasteiger partial charge on any atom is 0.471 e. The van der Waals surface area contributed by atoms with Crippen LogP contribution in [0.15, 0.2) is 18.2 Å². The molecule has 0 aromatic heterocycles. The minimum atomic E-state index is -5.00. The molecule has 10 nitrogen and oxygen atoms in total. The minimum absolute atomic E-state index is 0.00756. The molecule has 1 aromatic rings. The van der Waals surface area contributed by atoms with Crippen LogP contribution in [0.2, 0.25) is 0 Å². The molecular formula is C22H29F3N2O8. The third-order valence-corrected chi connectivity index (χ3v) is 4.22. The second-order valence-corrected chi connectivity index (χ2v) is 6.87. The molecule has 13 heteroatoms. The lowest BCUT2D eigenvalue weighted by molar-refractivity contribution is -0.173. The van der Waals surface area contributed by atoms with Crippen molar-refractivity contribution in [2.24, 2.45) is 0 Å². The van der Waals surface area contributed by atoms with Gasteiger partial charge in [-0.25, -0.2) is 4.79 Å². The molecule has 196 valence electrons. The van der Waals surface area contributed by atoms with Gasteiger partial charge in [0.05, 0.1) is 25.5 Å². The average Bonchev–Trinajstić information content (AvgIpc) is 2.77. The zero-order valence-corrected chi connectivity index (χ0v) is 19.7. The summed E-state index contributed by atoms with van der Waals surface area (Å²) < 4.78 is 57.4. The molecule has 0 atom stereocenters. The number of nitrogens with one attached hydrogen (secondary N) is 1. The van der Waals surface area contributed by atoms with Gasteiger partial charge in [-0.1, -0.05) is 6.07 Å². The van der Waals surface area contributed by atoms with Crippen LogP contribution in [-0.2, 0) is 39.8 Å². The zero-order valence-electron chi connectivity index (χ0n) is 19.7. The number of carbonyl (C=O) groups excluding carboxylic acids is 4. The highest BCUT2D eigenvalue weighted by atomic mass is 19.4. The SMILES string of the molecule is CCOC(=O)COc1cc(CCNC(=O)C(F)(F)F)ccc1N(CC(=O)OCC)CC(=O)OCC. The van der Waals surface area contributed by atoms with Gasteiger partial charge in [-0.05, 0) is 44.9 Å². The van der Waals surface area contributed by atoms with Crippen LogP contribution < -0.4 is 15.0 Å². The average molecular weight is 506 g/mol. The van der Waals surface area contributed by atoms with E-state index in [1.807, 2.05) is 0 Å². The Morgan fingerprint density at radius 3 is 1.94 bits per heavy atom. The predicted molar refractivity (Wildman–Crippen MR) is 117 cm³/mol. The molecule has 0 aliphatic carbocycles. The number of anilines is 1. The van der Waals surface area contributed by atoms with Crippen molar-refractivity contribution in [1.29, 1.82) is 0 Å². The number of ether oxygens (including phenoxy) is 4. The van der Waals surface area contributed by atoms with Crippen molar-refractivity contribution in [2.75, 3.05) is 51.0 Å². The van der Waals surface area contributed by atoms with E-state index in [9.17, 15) is 32.3 Å². The summed E-state index contributed by atoms with van der Waals surface area (Å²) in [7, 11) is 0. The van der Waals surface area contributed by atoms with E-state index in [4.69, 9.17) is 18.9 Å². The van der Waals surface area contributed by atoms with Crippen molar-refractivity contribution >= 4 is 29.5 Å². The number of benzene rings is 1. The van der Waals surface area contributed by atoms with E-state index in [-0.39, 0.29) is 57.3 Å². The van der Waals surface area contributed by atoms with Crippen LogP contribution in [-0.4, -0.2) is 76.1 Å². The number of halogens is 3. The number of hydrogen-bond acceptors (Lipinski definition) is 9. The van der Waals surface area contributed by atoms with Crippen LogP contribution in [0.5, 0.6) is 5.75 Å². The third-order valence-electron chi connectivity index (χ3n) is 4.22. The summed E-state index contributed by atoms with van der Waals surface area (Å²) in [5, 5.41) is 1.76. The van der Waals surface area contributed by atoms with E-state index in [1.54, 1.807) is 26.1 Å². The molecule has 0 aliphatic rings. The van der Waals surface area contributed by atoms with Gasteiger partial charge in [0.25, 0.3) is 0 Å². The summed E-state index contributed by atoms with van der Waals surface area (Å²) in [5.74, 6) is -3.95. The van der Waals surface area contributed by atoms with E-state index < -0.39 is 36.6 Å². The minimum Gasteiger partial charge on any atom is -0.480 e. The van der Waals surface area contributed by atoms with Crippen molar-refractivity contribution < 1.29 is 51.3 Å². The maximum atomic E-state index is 12.4. The fourth-order valence-corrected chi connectivity index (χ4v) is 2.80. The molecule has 0 radical (unpaired) electrons. The van der Waals surface area contributed by atoms with Gasteiger partial charge in [0, 0.05) is 6.54 Å². The van der Waals surface area contributed by atoms with E-state index in [0.717, 1.165) is 0 Å². The van der Waals surface area contributed by atoms with Crippen molar-refractivity contribution in [3.05, 3.63) is 23.8 Å². The monoisotopic (exact) mass is 506 g/mol. The molecule has 1 N–H and O–H groups in total. The van der Waals surface area contributed by atoms with Gasteiger partial charge >= 0.3 is 30.0 Å². The topological polar surface area (TPSA) is 120 Å². The second kappa shape index (κ2) is 14.7. The summed E-state index contributed by atoms with van der Waals surface area (Å²) in [6, 6.07) is 4.42. The predicted octanol–water partition coefficient (Wildman–Crippen LogP) is 1.78. The quantitative estimate of drug-likeness (QED) is 0.297.